The fraction of sp³-hybridized carbons (Fsp3) is 0.438. The molecular formula is C16H22N2O3. The smallest absolute Gasteiger partial charge is 0.209 e. The Kier molecular flexibility index (Phi) is 6.40. The maximum atomic E-state index is 5.83. The van der Waals surface area contributed by atoms with E-state index >= 15 is 0 Å². The highest BCUT2D eigenvalue weighted by Gasteiger charge is 2.11. The molecule has 0 radical (unpaired) electrons. The Bertz CT molecular complexity index is 505. The molecular weight excluding hydrogens is 268 g/mol. The lowest BCUT2D eigenvalue weighted by molar-refractivity contribution is 0.105. The van der Waals surface area contributed by atoms with Gasteiger partial charge in [0, 0.05) is 32.9 Å². The van der Waals surface area contributed by atoms with E-state index in [0.717, 1.165) is 24.4 Å². The van der Waals surface area contributed by atoms with Gasteiger partial charge in [-0.2, -0.15) is 0 Å². The van der Waals surface area contributed by atoms with Gasteiger partial charge < -0.3 is 13.9 Å². The first-order chi connectivity index (χ1) is 10.3. The van der Waals surface area contributed by atoms with Crippen LogP contribution < -0.4 is 0 Å². The van der Waals surface area contributed by atoms with E-state index in [-0.39, 0.29) is 0 Å². The Morgan fingerprint density at radius 3 is 2.33 bits per heavy atom. The second kappa shape index (κ2) is 8.56. The average Bonchev–Trinajstić information content (AvgIpc) is 2.99. The van der Waals surface area contributed by atoms with Crippen molar-refractivity contribution in [1.29, 1.82) is 0 Å². The standard InChI is InChI=1S/C16H22N2O3/c1-19-10-8-18(9-11-20-2)13-16-17-12-15(21-16)14-6-4-3-5-7-14/h3-7,12H,8-11,13H2,1-2H3. The van der Waals surface area contributed by atoms with Gasteiger partial charge in [0.25, 0.3) is 0 Å². The Morgan fingerprint density at radius 2 is 1.71 bits per heavy atom. The van der Waals surface area contributed by atoms with Crippen molar-refractivity contribution in [2.24, 2.45) is 0 Å². The van der Waals surface area contributed by atoms with Crippen LogP contribution >= 0.6 is 0 Å². The largest absolute Gasteiger partial charge is 0.439 e. The zero-order valence-corrected chi connectivity index (χ0v) is 12.6. The van der Waals surface area contributed by atoms with E-state index in [1.807, 2.05) is 30.3 Å². The molecule has 2 rings (SSSR count). The van der Waals surface area contributed by atoms with Gasteiger partial charge >= 0.3 is 0 Å². The molecule has 0 unspecified atom stereocenters. The number of oxazole rings is 1. The summed E-state index contributed by atoms with van der Waals surface area (Å²) < 4.78 is 16.1. The van der Waals surface area contributed by atoms with Crippen LogP contribution in [-0.2, 0) is 16.0 Å². The lowest BCUT2D eigenvalue weighted by Gasteiger charge is -2.19. The molecule has 0 N–H and O–H groups in total. The van der Waals surface area contributed by atoms with Crippen LogP contribution in [0, 0.1) is 0 Å². The first-order valence-electron chi connectivity index (χ1n) is 7.04. The quantitative estimate of drug-likeness (QED) is 0.710. The van der Waals surface area contributed by atoms with Crippen LogP contribution in [0.3, 0.4) is 0 Å². The number of aromatic nitrogens is 1. The summed E-state index contributed by atoms with van der Waals surface area (Å²) in [7, 11) is 3.40. The lowest BCUT2D eigenvalue weighted by Crippen LogP contribution is -2.30. The Hall–Kier alpha value is -1.69. The molecule has 5 nitrogen and oxygen atoms in total. The van der Waals surface area contributed by atoms with E-state index in [0.29, 0.717) is 25.6 Å². The average molecular weight is 290 g/mol. The molecule has 1 aromatic heterocycles. The molecule has 0 aliphatic carbocycles. The highest BCUT2D eigenvalue weighted by molar-refractivity contribution is 5.55. The van der Waals surface area contributed by atoms with Crippen LogP contribution in [0.5, 0.6) is 0 Å². The molecule has 21 heavy (non-hydrogen) atoms. The summed E-state index contributed by atoms with van der Waals surface area (Å²) in [5.74, 6) is 1.50. The minimum Gasteiger partial charge on any atom is -0.439 e. The van der Waals surface area contributed by atoms with E-state index in [4.69, 9.17) is 13.9 Å². The van der Waals surface area contributed by atoms with Crippen molar-refractivity contribution in [3.05, 3.63) is 42.4 Å². The minimum atomic E-state index is 0.652. The summed E-state index contributed by atoms with van der Waals surface area (Å²) in [4.78, 5) is 6.56. The summed E-state index contributed by atoms with van der Waals surface area (Å²) in [5, 5.41) is 0. The van der Waals surface area contributed by atoms with Crippen LogP contribution in [0.4, 0.5) is 0 Å². The van der Waals surface area contributed by atoms with Crippen LogP contribution in [0.2, 0.25) is 0 Å². The first-order valence-corrected chi connectivity index (χ1v) is 7.04. The molecule has 0 bridgehead atoms. The number of rotatable bonds is 9. The number of hydrogen-bond acceptors (Lipinski definition) is 5. The highest BCUT2D eigenvalue weighted by atomic mass is 16.5. The molecule has 0 aliphatic heterocycles. The number of benzene rings is 1. The number of hydrogen-bond donors (Lipinski definition) is 0. The minimum absolute atomic E-state index is 0.652. The van der Waals surface area contributed by atoms with Crippen molar-refractivity contribution in [3.63, 3.8) is 0 Å². The third-order valence-electron chi connectivity index (χ3n) is 3.19. The predicted octanol–water partition coefficient (Wildman–Crippen LogP) is 2.44. The maximum Gasteiger partial charge on any atom is 0.209 e. The summed E-state index contributed by atoms with van der Waals surface area (Å²) in [6.07, 6.45) is 1.77. The molecule has 5 heteroatoms. The molecule has 0 aliphatic rings. The number of methoxy groups -OCH3 is 2. The third kappa shape index (κ3) is 4.97. The number of ether oxygens (including phenoxy) is 2. The van der Waals surface area contributed by atoms with E-state index in [1.165, 1.54) is 0 Å². The number of nitrogens with zero attached hydrogens (tertiary/aromatic N) is 2. The third-order valence-corrected chi connectivity index (χ3v) is 3.19. The van der Waals surface area contributed by atoms with Gasteiger partial charge in [0.1, 0.15) is 0 Å². The molecule has 0 saturated carbocycles. The van der Waals surface area contributed by atoms with E-state index in [1.54, 1.807) is 20.4 Å². The maximum absolute atomic E-state index is 5.83. The zero-order valence-electron chi connectivity index (χ0n) is 12.6. The van der Waals surface area contributed by atoms with Crippen molar-refractivity contribution in [2.75, 3.05) is 40.5 Å². The van der Waals surface area contributed by atoms with Crippen LogP contribution in [-0.4, -0.2) is 50.4 Å². The molecule has 0 atom stereocenters. The monoisotopic (exact) mass is 290 g/mol. The summed E-state index contributed by atoms with van der Waals surface area (Å²) >= 11 is 0. The fourth-order valence-corrected chi connectivity index (χ4v) is 2.02. The molecule has 2 aromatic rings. The predicted molar refractivity (Wildman–Crippen MR) is 81.0 cm³/mol. The second-order valence-corrected chi connectivity index (χ2v) is 4.75. The lowest BCUT2D eigenvalue weighted by atomic mass is 10.2. The highest BCUT2D eigenvalue weighted by Crippen LogP contribution is 2.20. The fourth-order valence-electron chi connectivity index (χ4n) is 2.02. The first kappa shape index (κ1) is 15.7. The molecule has 1 heterocycles. The molecule has 1 aromatic carbocycles. The van der Waals surface area contributed by atoms with Crippen LogP contribution in [0.1, 0.15) is 5.89 Å². The van der Waals surface area contributed by atoms with Gasteiger partial charge in [-0.25, -0.2) is 4.98 Å². The van der Waals surface area contributed by atoms with Crippen LogP contribution in [0.25, 0.3) is 11.3 Å². The molecule has 0 spiro atoms. The van der Waals surface area contributed by atoms with Crippen molar-refractivity contribution >= 4 is 0 Å². The summed E-state index contributed by atoms with van der Waals surface area (Å²) in [5.41, 5.74) is 1.04. The molecule has 0 fully saturated rings. The Balaban J connectivity index is 1.98. The summed E-state index contributed by atoms with van der Waals surface area (Å²) in [6.45, 7) is 3.65. The van der Waals surface area contributed by atoms with Gasteiger partial charge in [-0.15, -0.1) is 0 Å². The van der Waals surface area contributed by atoms with Gasteiger partial charge in [-0.1, -0.05) is 30.3 Å². The van der Waals surface area contributed by atoms with Gasteiger partial charge in [0.2, 0.25) is 5.89 Å². The van der Waals surface area contributed by atoms with Crippen LogP contribution in [0.15, 0.2) is 40.9 Å². The molecule has 0 saturated heterocycles. The Morgan fingerprint density at radius 1 is 1.05 bits per heavy atom. The van der Waals surface area contributed by atoms with Gasteiger partial charge in [-0.05, 0) is 0 Å². The topological polar surface area (TPSA) is 47.7 Å². The Labute approximate surface area is 125 Å². The van der Waals surface area contributed by atoms with Gasteiger partial charge in [-0.3, -0.25) is 4.90 Å². The van der Waals surface area contributed by atoms with Gasteiger partial charge in [0.15, 0.2) is 5.76 Å². The SMILES string of the molecule is COCCN(CCOC)Cc1ncc(-c2ccccc2)o1. The normalized spacial score (nSPS) is 11.2. The summed E-state index contributed by atoms with van der Waals surface area (Å²) in [6, 6.07) is 9.98. The molecule has 114 valence electrons. The molecule has 0 amide bonds. The van der Waals surface area contributed by atoms with E-state index in [9.17, 15) is 0 Å². The van der Waals surface area contributed by atoms with Crippen molar-refractivity contribution in [3.8, 4) is 11.3 Å². The van der Waals surface area contributed by atoms with E-state index in [2.05, 4.69) is 9.88 Å². The van der Waals surface area contributed by atoms with Crippen molar-refractivity contribution < 1.29 is 13.9 Å². The van der Waals surface area contributed by atoms with Gasteiger partial charge in [0.05, 0.1) is 26.0 Å². The zero-order chi connectivity index (χ0) is 14.9. The van der Waals surface area contributed by atoms with Crippen molar-refractivity contribution in [2.45, 2.75) is 6.54 Å². The van der Waals surface area contributed by atoms with E-state index < -0.39 is 0 Å². The van der Waals surface area contributed by atoms with Crippen molar-refractivity contribution in [1.82, 2.24) is 9.88 Å². The second-order valence-electron chi connectivity index (χ2n) is 4.75.